The van der Waals surface area contributed by atoms with Crippen LogP contribution in [0.4, 0.5) is 15.9 Å². The number of hydrogen-bond donors (Lipinski definition) is 2. The van der Waals surface area contributed by atoms with Gasteiger partial charge < -0.3 is 20.5 Å². The molecule has 0 bridgehead atoms. The number of nitrogens with zero attached hydrogens (tertiary/aromatic N) is 4. The quantitative estimate of drug-likeness (QED) is 0.191. The second-order valence-electron chi connectivity index (χ2n) is 7.46. The monoisotopic (exact) mass is 492 g/mol. The fraction of sp³-hybridized carbons (Fsp3) is 0.120. The fourth-order valence-electron chi connectivity index (χ4n) is 3.22. The molecule has 0 amide bonds. The third kappa shape index (κ3) is 6.50. The van der Waals surface area contributed by atoms with E-state index in [1.165, 1.54) is 25.6 Å². The Morgan fingerprint density at radius 1 is 1.14 bits per heavy atom. The molecular formula is C25H22ClFN6O2. The molecule has 0 spiro atoms. The van der Waals surface area contributed by atoms with Gasteiger partial charge in [0.2, 0.25) is 0 Å². The largest absolute Gasteiger partial charge is 0.487 e. The molecule has 0 unspecified atom stereocenters. The highest BCUT2D eigenvalue weighted by Gasteiger charge is 2.08. The van der Waals surface area contributed by atoms with E-state index in [-0.39, 0.29) is 24.9 Å². The maximum absolute atomic E-state index is 13.4. The van der Waals surface area contributed by atoms with E-state index in [4.69, 9.17) is 26.8 Å². The van der Waals surface area contributed by atoms with Crippen LogP contribution in [-0.2, 0) is 11.3 Å². The summed E-state index contributed by atoms with van der Waals surface area (Å²) in [6.07, 6.45) is 3.06. The molecule has 10 heteroatoms. The number of fused-ring (bicyclic) bond motifs is 1. The first-order valence-electron chi connectivity index (χ1n) is 10.5. The van der Waals surface area contributed by atoms with Gasteiger partial charge >= 0.3 is 0 Å². The lowest BCUT2D eigenvalue weighted by Gasteiger charge is -2.12. The number of nitrogens with two attached hydrogens (primary N) is 1. The predicted octanol–water partition coefficient (Wildman–Crippen LogP) is 5.08. The second-order valence-corrected chi connectivity index (χ2v) is 7.86. The van der Waals surface area contributed by atoms with E-state index >= 15 is 0 Å². The molecule has 1 heterocycles. The third-order valence-electron chi connectivity index (χ3n) is 4.82. The first kappa shape index (κ1) is 24.1. The number of ether oxygens (including phenoxy) is 2. The molecule has 3 aromatic carbocycles. The minimum atomic E-state index is -0.314. The molecule has 0 saturated carbocycles. The number of rotatable bonds is 9. The van der Waals surface area contributed by atoms with Crippen molar-refractivity contribution in [3.05, 3.63) is 89.0 Å². The minimum Gasteiger partial charge on any atom is -0.487 e. The molecule has 8 nitrogen and oxygen atoms in total. The van der Waals surface area contributed by atoms with Gasteiger partial charge in [-0.2, -0.15) is 5.10 Å². The van der Waals surface area contributed by atoms with Crippen LogP contribution in [0.3, 0.4) is 0 Å². The number of hydrogen-bond acceptors (Lipinski definition) is 7. The molecule has 4 aromatic rings. The standard InChI is InChI=1S/C25H22ClFN6O2/c1-34-14-24(28)33-31-12-16-5-7-22-20(10-16)25(30-15-29-22)32-19-6-8-23(21(26)11-19)35-13-17-3-2-4-18(27)9-17/h2-12,15H,13-14H2,1H3,(H2,28,33)(H,29,30,32). The van der Waals surface area contributed by atoms with Crippen molar-refractivity contribution in [1.82, 2.24) is 9.97 Å². The number of benzene rings is 3. The SMILES string of the molecule is COC/C(N)=N/N=Cc1ccc2ncnc(Nc3ccc(OCc4cccc(F)c4)c(Cl)c3)c2c1. The maximum atomic E-state index is 13.4. The molecule has 0 aliphatic rings. The van der Waals surface area contributed by atoms with Crippen LogP contribution in [0.2, 0.25) is 5.02 Å². The zero-order valence-corrected chi connectivity index (χ0v) is 19.5. The van der Waals surface area contributed by atoms with Gasteiger partial charge in [0.05, 0.1) is 16.8 Å². The number of methoxy groups -OCH3 is 1. The van der Waals surface area contributed by atoms with Gasteiger partial charge in [-0.25, -0.2) is 14.4 Å². The number of nitrogens with one attached hydrogen (secondary N) is 1. The normalized spacial score (nSPS) is 11.8. The molecule has 1 aromatic heterocycles. The van der Waals surface area contributed by atoms with Crippen LogP contribution >= 0.6 is 11.6 Å². The van der Waals surface area contributed by atoms with Crippen LogP contribution < -0.4 is 15.8 Å². The van der Waals surface area contributed by atoms with Gasteiger partial charge in [-0.3, -0.25) is 0 Å². The van der Waals surface area contributed by atoms with Crippen LogP contribution in [0.1, 0.15) is 11.1 Å². The van der Waals surface area contributed by atoms with E-state index in [1.54, 1.807) is 30.5 Å². The summed E-state index contributed by atoms with van der Waals surface area (Å²) in [4.78, 5) is 8.69. The van der Waals surface area contributed by atoms with Crippen molar-refractivity contribution >= 4 is 46.1 Å². The number of halogens is 2. The van der Waals surface area contributed by atoms with Gasteiger partial charge in [0.25, 0.3) is 0 Å². The molecule has 0 radical (unpaired) electrons. The fourth-order valence-corrected chi connectivity index (χ4v) is 3.46. The highest BCUT2D eigenvalue weighted by atomic mass is 35.5. The number of amidine groups is 1. The third-order valence-corrected chi connectivity index (χ3v) is 5.12. The Hall–Kier alpha value is -4.08. The summed E-state index contributed by atoms with van der Waals surface area (Å²) in [6, 6.07) is 17.1. The van der Waals surface area contributed by atoms with Gasteiger partial charge in [0.15, 0.2) is 0 Å². The van der Waals surface area contributed by atoms with Crippen LogP contribution in [-0.4, -0.2) is 35.7 Å². The molecule has 0 fully saturated rings. The molecule has 0 aliphatic heterocycles. The Morgan fingerprint density at radius 3 is 2.83 bits per heavy atom. The smallest absolute Gasteiger partial charge is 0.148 e. The topological polar surface area (TPSA) is 107 Å². The maximum Gasteiger partial charge on any atom is 0.148 e. The Kier molecular flexibility index (Phi) is 7.81. The van der Waals surface area contributed by atoms with E-state index in [9.17, 15) is 4.39 Å². The van der Waals surface area contributed by atoms with E-state index < -0.39 is 0 Å². The molecule has 0 aliphatic carbocycles. The first-order valence-corrected chi connectivity index (χ1v) is 10.9. The van der Waals surface area contributed by atoms with Gasteiger partial charge in [-0.1, -0.05) is 29.8 Å². The van der Waals surface area contributed by atoms with Crippen LogP contribution in [0.15, 0.2) is 77.2 Å². The summed E-state index contributed by atoms with van der Waals surface area (Å²) in [5.41, 5.74) is 8.64. The van der Waals surface area contributed by atoms with Gasteiger partial charge in [-0.15, -0.1) is 5.10 Å². The van der Waals surface area contributed by atoms with Gasteiger partial charge in [0.1, 0.15) is 42.8 Å². The van der Waals surface area contributed by atoms with Crippen molar-refractivity contribution < 1.29 is 13.9 Å². The highest BCUT2D eigenvalue weighted by molar-refractivity contribution is 6.32. The van der Waals surface area contributed by atoms with Crippen molar-refractivity contribution in [3.8, 4) is 5.75 Å². The molecule has 35 heavy (non-hydrogen) atoms. The van der Waals surface area contributed by atoms with Gasteiger partial charge in [0, 0.05) is 18.2 Å². The molecule has 3 N–H and O–H groups in total. The van der Waals surface area contributed by atoms with E-state index in [0.29, 0.717) is 27.8 Å². The van der Waals surface area contributed by atoms with E-state index in [1.807, 2.05) is 24.3 Å². The zero-order valence-electron chi connectivity index (χ0n) is 18.8. The summed E-state index contributed by atoms with van der Waals surface area (Å²) >= 11 is 6.42. The lowest BCUT2D eigenvalue weighted by molar-refractivity contribution is 0.244. The van der Waals surface area contributed by atoms with Crippen molar-refractivity contribution in [1.29, 1.82) is 0 Å². The lowest BCUT2D eigenvalue weighted by atomic mass is 10.1. The Bertz CT molecular complexity index is 1400. The Labute approximate surface area is 206 Å². The molecular weight excluding hydrogens is 471 g/mol. The van der Waals surface area contributed by atoms with Gasteiger partial charge in [-0.05, 0) is 53.6 Å². The molecule has 4 rings (SSSR count). The average Bonchev–Trinajstić information content (AvgIpc) is 2.84. The zero-order chi connectivity index (χ0) is 24.6. The minimum absolute atomic E-state index is 0.201. The summed E-state index contributed by atoms with van der Waals surface area (Å²) in [5.74, 6) is 1.04. The summed E-state index contributed by atoms with van der Waals surface area (Å²) in [5, 5.41) is 12.3. The average molecular weight is 493 g/mol. The summed E-state index contributed by atoms with van der Waals surface area (Å²) < 4.78 is 24.0. The van der Waals surface area contributed by atoms with Crippen LogP contribution in [0.5, 0.6) is 5.75 Å². The van der Waals surface area contributed by atoms with Crippen molar-refractivity contribution in [2.45, 2.75) is 6.61 Å². The Morgan fingerprint density at radius 2 is 2.03 bits per heavy atom. The summed E-state index contributed by atoms with van der Waals surface area (Å²) in [7, 11) is 1.53. The van der Waals surface area contributed by atoms with Crippen molar-refractivity contribution in [2.24, 2.45) is 15.9 Å². The van der Waals surface area contributed by atoms with Crippen LogP contribution in [0.25, 0.3) is 10.9 Å². The first-order chi connectivity index (χ1) is 17.0. The van der Waals surface area contributed by atoms with Crippen molar-refractivity contribution in [3.63, 3.8) is 0 Å². The predicted molar refractivity (Wildman–Crippen MR) is 136 cm³/mol. The second kappa shape index (κ2) is 11.4. The highest BCUT2D eigenvalue weighted by Crippen LogP contribution is 2.31. The molecule has 178 valence electrons. The lowest BCUT2D eigenvalue weighted by Crippen LogP contribution is -2.17. The van der Waals surface area contributed by atoms with Crippen molar-refractivity contribution in [2.75, 3.05) is 19.0 Å². The number of aromatic nitrogens is 2. The van der Waals surface area contributed by atoms with Crippen LogP contribution in [0, 0.1) is 5.82 Å². The number of anilines is 2. The molecule has 0 saturated heterocycles. The molecule has 0 atom stereocenters. The summed E-state index contributed by atoms with van der Waals surface area (Å²) in [6.45, 7) is 0.403. The Balaban J connectivity index is 1.51. The van der Waals surface area contributed by atoms with E-state index in [2.05, 4.69) is 25.5 Å². The van der Waals surface area contributed by atoms with E-state index in [0.717, 1.165) is 16.5 Å².